The van der Waals surface area contributed by atoms with Crippen molar-refractivity contribution in [3.63, 3.8) is 0 Å². The molecule has 1 rings (SSSR count). The lowest BCUT2D eigenvalue weighted by molar-refractivity contribution is 0.240. The van der Waals surface area contributed by atoms with Gasteiger partial charge < -0.3 is 5.11 Å². The molecule has 0 saturated heterocycles. The molecule has 0 aliphatic heterocycles. The lowest BCUT2D eigenvalue weighted by atomic mass is 10.1. The van der Waals surface area contributed by atoms with E-state index in [1.807, 2.05) is 13.8 Å². The topological polar surface area (TPSA) is 66.4 Å². The van der Waals surface area contributed by atoms with Crippen LogP contribution in [0.3, 0.4) is 0 Å². The number of halogens is 2. The van der Waals surface area contributed by atoms with Gasteiger partial charge in [-0.3, -0.25) is 0 Å². The standard InChI is InChI=1S/C10H15BrClNO3S2/c1-6(2)3-7(5-14)13-18(15,16)9-4-8(12)10(11)17-9/h4,6-7,13-14H,3,5H2,1-2H3. The van der Waals surface area contributed by atoms with Gasteiger partial charge in [0.25, 0.3) is 0 Å². The Morgan fingerprint density at radius 3 is 2.56 bits per heavy atom. The Morgan fingerprint density at radius 2 is 2.17 bits per heavy atom. The van der Waals surface area contributed by atoms with Gasteiger partial charge >= 0.3 is 0 Å². The van der Waals surface area contributed by atoms with Gasteiger partial charge in [0.2, 0.25) is 10.0 Å². The van der Waals surface area contributed by atoms with Crippen LogP contribution < -0.4 is 4.72 Å². The Labute approximate surface area is 125 Å². The van der Waals surface area contributed by atoms with Crippen molar-refractivity contribution in [3.8, 4) is 0 Å². The molecule has 0 amide bonds. The number of rotatable bonds is 6. The molecule has 0 aliphatic rings. The Kier molecular flexibility index (Phi) is 6.08. The Morgan fingerprint density at radius 1 is 1.56 bits per heavy atom. The van der Waals surface area contributed by atoms with Crippen LogP contribution >= 0.6 is 38.9 Å². The minimum Gasteiger partial charge on any atom is -0.395 e. The van der Waals surface area contributed by atoms with Crippen molar-refractivity contribution in [1.82, 2.24) is 4.72 Å². The number of hydrogen-bond acceptors (Lipinski definition) is 4. The summed E-state index contributed by atoms with van der Waals surface area (Å²) in [6, 6.07) is 0.914. The molecule has 1 aromatic heterocycles. The Balaban J connectivity index is 2.87. The van der Waals surface area contributed by atoms with Gasteiger partial charge in [0, 0.05) is 6.04 Å². The molecule has 0 radical (unpaired) electrons. The second-order valence-electron chi connectivity index (χ2n) is 4.32. The van der Waals surface area contributed by atoms with Gasteiger partial charge in [0.15, 0.2) is 0 Å². The molecule has 104 valence electrons. The van der Waals surface area contributed by atoms with E-state index >= 15 is 0 Å². The highest BCUT2D eigenvalue weighted by molar-refractivity contribution is 9.11. The van der Waals surface area contributed by atoms with Gasteiger partial charge in [-0.1, -0.05) is 25.4 Å². The van der Waals surface area contributed by atoms with Crippen molar-refractivity contribution >= 4 is 48.9 Å². The molecule has 0 bridgehead atoms. The molecule has 8 heteroatoms. The van der Waals surface area contributed by atoms with Crippen molar-refractivity contribution in [2.75, 3.05) is 6.61 Å². The summed E-state index contributed by atoms with van der Waals surface area (Å²) in [5.74, 6) is 0.295. The molecule has 2 N–H and O–H groups in total. The number of aliphatic hydroxyl groups excluding tert-OH is 1. The maximum Gasteiger partial charge on any atom is 0.250 e. The van der Waals surface area contributed by atoms with Crippen molar-refractivity contribution < 1.29 is 13.5 Å². The monoisotopic (exact) mass is 375 g/mol. The van der Waals surface area contributed by atoms with Crippen molar-refractivity contribution in [2.24, 2.45) is 5.92 Å². The van der Waals surface area contributed by atoms with Crippen LogP contribution in [0.4, 0.5) is 0 Å². The van der Waals surface area contributed by atoms with Crippen LogP contribution in [-0.2, 0) is 10.0 Å². The quantitative estimate of drug-likeness (QED) is 0.802. The highest BCUT2D eigenvalue weighted by atomic mass is 79.9. The smallest absolute Gasteiger partial charge is 0.250 e. The Hall–Kier alpha value is 0.340. The van der Waals surface area contributed by atoms with Gasteiger partial charge in [0.05, 0.1) is 15.4 Å². The van der Waals surface area contributed by atoms with E-state index in [2.05, 4.69) is 20.7 Å². The van der Waals surface area contributed by atoms with Crippen LogP contribution in [0.2, 0.25) is 5.02 Å². The summed E-state index contributed by atoms with van der Waals surface area (Å²) in [6.45, 7) is 3.71. The molecule has 4 nitrogen and oxygen atoms in total. The molecule has 1 unspecified atom stereocenters. The first-order valence-electron chi connectivity index (χ1n) is 5.34. The summed E-state index contributed by atoms with van der Waals surface area (Å²) in [5, 5.41) is 9.55. The van der Waals surface area contributed by atoms with Crippen molar-refractivity contribution in [1.29, 1.82) is 0 Å². The third-order valence-electron chi connectivity index (χ3n) is 2.19. The van der Waals surface area contributed by atoms with Crippen LogP contribution in [0.15, 0.2) is 14.1 Å². The minimum atomic E-state index is -3.62. The zero-order valence-corrected chi connectivity index (χ0v) is 14.0. The maximum absolute atomic E-state index is 12.1. The van der Waals surface area contributed by atoms with Gasteiger partial charge in [-0.25, -0.2) is 13.1 Å². The number of aliphatic hydroxyl groups is 1. The van der Waals surface area contributed by atoms with E-state index in [4.69, 9.17) is 11.6 Å². The van der Waals surface area contributed by atoms with E-state index < -0.39 is 16.1 Å². The SMILES string of the molecule is CC(C)CC(CO)NS(=O)(=O)c1cc(Cl)c(Br)s1. The van der Waals surface area contributed by atoms with Crippen LogP contribution in [0.25, 0.3) is 0 Å². The minimum absolute atomic E-state index is 0.140. The number of thiophene rings is 1. The zero-order chi connectivity index (χ0) is 13.9. The van der Waals surface area contributed by atoms with Gasteiger partial charge in [-0.2, -0.15) is 0 Å². The van der Waals surface area contributed by atoms with Gasteiger partial charge in [-0.15, -0.1) is 11.3 Å². The molecule has 1 aromatic rings. The molecule has 0 saturated carbocycles. The molecule has 0 aliphatic carbocycles. The van der Waals surface area contributed by atoms with Crippen LogP contribution in [-0.4, -0.2) is 26.2 Å². The highest BCUT2D eigenvalue weighted by Crippen LogP contribution is 2.34. The number of sulfonamides is 1. The van der Waals surface area contributed by atoms with Crippen LogP contribution in [0.1, 0.15) is 20.3 Å². The second-order valence-corrected chi connectivity index (χ2v) is 9.04. The van der Waals surface area contributed by atoms with E-state index in [0.717, 1.165) is 11.3 Å². The third kappa shape index (κ3) is 4.47. The van der Waals surface area contributed by atoms with E-state index in [1.165, 1.54) is 6.07 Å². The Bertz CT molecular complexity index is 482. The molecular formula is C10H15BrClNO3S2. The normalized spacial score (nSPS) is 14.1. The number of nitrogens with one attached hydrogen (secondary N) is 1. The fourth-order valence-electron chi connectivity index (χ4n) is 1.47. The highest BCUT2D eigenvalue weighted by Gasteiger charge is 2.23. The molecule has 0 fully saturated rings. The summed E-state index contributed by atoms with van der Waals surface area (Å²) in [6.07, 6.45) is 0.579. The van der Waals surface area contributed by atoms with Gasteiger partial charge in [-0.05, 0) is 34.3 Å². The molecular weight excluding hydrogens is 362 g/mol. The zero-order valence-electron chi connectivity index (χ0n) is 9.98. The van der Waals surface area contributed by atoms with E-state index in [9.17, 15) is 13.5 Å². The predicted molar refractivity (Wildman–Crippen MR) is 77.7 cm³/mol. The lowest BCUT2D eigenvalue weighted by Crippen LogP contribution is -2.38. The molecule has 1 atom stereocenters. The van der Waals surface area contributed by atoms with Crippen molar-refractivity contribution in [3.05, 3.63) is 14.9 Å². The largest absolute Gasteiger partial charge is 0.395 e. The van der Waals surface area contributed by atoms with E-state index in [1.54, 1.807) is 0 Å². The first kappa shape index (κ1) is 16.4. The summed E-state index contributed by atoms with van der Waals surface area (Å²) in [4.78, 5) is 0. The first-order chi connectivity index (χ1) is 8.26. The van der Waals surface area contributed by atoms with Crippen LogP contribution in [0, 0.1) is 5.92 Å². The average Bonchev–Trinajstić information content (AvgIpc) is 2.58. The van der Waals surface area contributed by atoms with Crippen LogP contribution in [0.5, 0.6) is 0 Å². The predicted octanol–water partition coefficient (Wildman–Crippen LogP) is 2.85. The fraction of sp³-hybridized carbons (Fsp3) is 0.600. The first-order valence-corrected chi connectivity index (χ1v) is 8.81. The van der Waals surface area contributed by atoms with Gasteiger partial charge in [0.1, 0.15) is 4.21 Å². The fourth-order valence-corrected chi connectivity index (χ4v) is 5.12. The summed E-state index contributed by atoms with van der Waals surface area (Å²) in [5.41, 5.74) is 0. The van der Waals surface area contributed by atoms with Crippen molar-refractivity contribution in [2.45, 2.75) is 30.5 Å². The third-order valence-corrected chi connectivity index (χ3v) is 6.65. The summed E-state index contributed by atoms with van der Waals surface area (Å²) < 4.78 is 27.3. The summed E-state index contributed by atoms with van der Waals surface area (Å²) >= 11 is 10.0. The number of hydrogen-bond donors (Lipinski definition) is 2. The maximum atomic E-state index is 12.1. The van der Waals surface area contributed by atoms with E-state index in [0.29, 0.717) is 21.1 Å². The molecule has 0 aromatic carbocycles. The molecule has 1 heterocycles. The lowest BCUT2D eigenvalue weighted by Gasteiger charge is -2.17. The van der Waals surface area contributed by atoms with E-state index in [-0.39, 0.29) is 10.8 Å². The molecule has 0 spiro atoms. The summed E-state index contributed by atoms with van der Waals surface area (Å²) in [7, 11) is -3.62. The second kappa shape index (κ2) is 6.67. The average molecular weight is 377 g/mol. The molecule has 18 heavy (non-hydrogen) atoms.